The van der Waals surface area contributed by atoms with E-state index in [-0.39, 0.29) is 10.9 Å². The Morgan fingerprint density at radius 3 is 2.50 bits per heavy atom. The molecular formula is C18H21N3O3S2. The van der Waals surface area contributed by atoms with E-state index in [9.17, 15) is 8.42 Å². The molecule has 0 aliphatic carbocycles. The Morgan fingerprint density at radius 2 is 1.92 bits per heavy atom. The number of furan rings is 1. The van der Waals surface area contributed by atoms with Gasteiger partial charge in [-0.3, -0.25) is 4.90 Å². The van der Waals surface area contributed by atoms with Gasteiger partial charge in [0.1, 0.15) is 5.76 Å². The molecule has 2 aromatic heterocycles. The molecule has 1 aromatic carbocycles. The first kappa shape index (κ1) is 18.8. The molecule has 0 aliphatic rings. The van der Waals surface area contributed by atoms with Crippen molar-refractivity contribution in [1.29, 1.82) is 0 Å². The van der Waals surface area contributed by atoms with Gasteiger partial charge in [0.25, 0.3) is 0 Å². The number of thiazole rings is 1. The molecule has 3 aromatic rings. The molecule has 0 aliphatic heterocycles. The van der Waals surface area contributed by atoms with E-state index in [1.165, 1.54) is 12.1 Å². The largest absolute Gasteiger partial charge is 0.459 e. The summed E-state index contributed by atoms with van der Waals surface area (Å²) in [5.74, 6) is 1.65. The fraction of sp³-hybridized carbons (Fsp3) is 0.278. The molecule has 0 amide bonds. The van der Waals surface area contributed by atoms with Gasteiger partial charge in [-0.05, 0) is 50.7 Å². The summed E-state index contributed by atoms with van der Waals surface area (Å²) in [5, 5.41) is 8.04. The van der Waals surface area contributed by atoms with Crippen LogP contribution in [0.5, 0.6) is 0 Å². The maximum absolute atomic E-state index is 11.4. The number of sulfonamides is 1. The third-order valence-electron chi connectivity index (χ3n) is 4.27. The summed E-state index contributed by atoms with van der Waals surface area (Å²) in [7, 11) is -1.66. The smallest absolute Gasteiger partial charge is 0.238 e. The van der Waals surface area contributed by atoms with Gasteiger partial charge in [0.15, 0.2) is 10.8 Å². The molecule has 2 heterocycles. The molecule has 0 saturated carbocycles. The molecule has 3 rings (SSSR count). The molecule has 0 radical (unpaired) electrons. The van der Waals surface area contributed by atoms with Gasteiger partial charge in [-0.15, -0.1) is 11.3 Å². The van der Waals surface area contributed by atoms with Crippen molar-refractivity contribution >= 4 is 21.4 Å². The van der Waals surface area contributed by atoms with Gasteiger partial charge >= 0.3 is 0 Å². The van der Waals surface area contributed by atoms with Crippen LogP contribution >= 0.6 is 11.3 Å². The number of hydrogen-bond acceptors (Lipinski definition) is 6. The van der Waals surface area contributed by atoms with Gasteiger partial charge in [0.05, 0.1) is 10.6 Å². The van der Waals surface area contributed by atoms with Gasteiger partial charge in [0.2, 0.25) is 10.0 Å². The molecule has 6 nitrogen and oxygen atoms in total. The minimum Gasteiger partial charge on any atom is -0.459 e. The Kier molecular flexibility index (Phi) is 5.29. The lowest BCUT2D eigenvalue weighted by atomic mass is 10.1. The average Bonchev–Trinajstić information content (AvgIpc) is 3.22. The van der Waals surface area contributed by atoms with E-state index in [1.54, 1.807) is 23.5 Å². The summed E-state index contributed by atoms with van der Waals surface area (Å²) in [6.07, 6.45) is 0. The predicted molar refractivity (Wildman–Crippen MR) is 102 cm³/mol. The summed E-state index contributed by atoms with van der Waals surface area (Å²) in [5.41, 5.74) is 1.98. The Balaban J connectivity index is 1.69. The first-order valence-electron chi connectivity index (χ1n) is 8.08. The van der Waals surface area contributed by atoms with Crippen LogP contribution in [0, 0.1) is 6.92 Å². The van der Waals surface area contributed by atoms with Crippen LogP contribution < -0.4 is 5.14 Å². The van der Waals surface area contributed by atoms with Gasteiger partial charge in [0, 0.05) is 18.0 Å². The third kappa shape index (κ3) is 4.21. The molecule has 0 saturated heterocycles. The zero-order valence-electron chi connectivity index (χ0n) is 14.8. The second-order valence-electron chi connectivity index (χ2n) is 6.26. The Labute approximate surface area is 157 Å². The van der Waals surface area contributed by atoms with Crippen molar-refractivity contribution in [3.63, 3.8) is 0 Å². The van der Waals surface area contributed by atoms with E-state index >= 15 is 0 Å². The summed E-state index contributed by atoms with van der Waals surface area (Å²) < 4.78 is 28.3. The Morgan fingerprint density at radius 1 is 1.23 bits per heavy atom. The summed E-state index contributed by atoms with van der Waals surface area (Å²) in [6, 6.07) is 10.6. The van der Waals surface area contributed by atoms with Crippen LogP contribution in [0.4, 0.5) is 0 Å². The van der Waals surface area contributed by atoms with Crippen molar-refractivity contribution in [2.45, 2.75) is 31.3 Å². The maximum Gasteiger partial charge on any atom is 0.238 e. The van der Waals surface area contributed by atoms with Gasteiger partial charge in [-0.25, -0.2) is 18.5 Å². The number of nitrogens with zero attached hydrogens (tertiary/aromatic N) is 2. The van der Waals surface area contributed by atoms with Crippen LogP contribution in [0.2, 0.25) is 0 Å². The highest BCUT2D eigenvalue weighted by Crippen LogP contribution is 2.27. The van der Waals surface area contributed by atoms with Crippen molar-refractivity contribution in [3.05, 3.63) is 58.8 Å². The number of hydrogen-bond donors (Lipinski definition) is 1. The number of rotatable bonds is 6. The fourth-order valence-corrected chi connectivity index (χ4v) is 3.91. The highest BCUT2D eigenvalue weighted by molar-refractivity contribution is 7.89. The molecule has 8 heteroatoms. The van der Waals surface area contributed by atoms with Gasteiger partial charge in [-0.2, -0.15) is 0 Å². The highest BCUT2D eigenvalue weighted by Gasteiger charge is 2.16. The van der Waals surface area contributed by atoms with E-state index in [4.69, 9.17) is 9.56 Å². The zero-order chi connectivity index (χ0) is 18.9. The quantitative estimate of drug-likeness (QED) is 0.694. The van der Waals surface area contributed by atoms with E-state index in [0.717, 1.165) is 27.8 Å². The molecule has 138 valence electrons. The normalized spacial score (nSPS) is 13.3. The van der Waals surface area contributed by atoms with E-state index < -0.39 is 10.0 Å². The lowest BCUT2D eigenvalue weighted by Crippen LogP contribution is -2.22. The van der Waals surface area contributed by atoms with Crippen LogP contribution in [0.25, 0.3) is 10.8 Å². The van der Waals surface area contributed by atoms with Crippen molar-refractivity contribution in [2.24, 2.45) is 5.14 Å². The van der Waals surface area contributed by atoms with E-state index in [0.29, 0.717) is 6.54 Å². The van der Waals surface area contributed by atoms with Gasteiger partial charge < -0.3 is 4.42 Å². The lowest BCUT2D eigenvalue weighted by Gasteiger charge is -2.24. The topological polar surface area (TPSA) is 89.4 Å². The summed E-state index contributed by atoms with van der Waals surface area (Å²) in [4.78, 5) is 6.91. The van der Waals surface area contributed by atoms with Crippen LogP contribution in [-0.4, -0.2) is 25.3 Å². The predicted octanol–water partition coefficient (Wildman–Crippen LogP) is 3.55. The number of aryl methyl sites for hydroxylation is 1. The minimum absolute atomic E-state index is 0.0977. The Bertz CT molecular complexity index is 991. The van der Waals surface area contributed by atoms with Crippen LogP contribution in [0.15, 0.2) is 51.1 Å². The summed E-state index contributed by atoms with van der Waals surface area (Å²) in [6.45, 7) is 4.65. The number of aromatic nitrogens is 1. The molecule has 0 spiro atoms. The minimum atomic E-state index is -3.67. The standard InChI is InChI=1S/C18H21N3O3S2/c1-12-4-9-17(24-12)18-20-15(11-25-18)10-21(3)13(2)14-5-7-16(8-6-14)26(19,22)23/h4-9,11,13H,10H2,1-3H3,(H2,19,22,23)/t13-/m1/s1. The van der Waals surface area contributed by atoms with Crippen LogP contribution in [0.1, 0.15) is 30.0 Å². The molecule has 0 unspecified atom stereocenters. The maximum atomic E-state index is 11.4. The average molecular weight is 392 g/mol. The number of benzene rings is 1. The molecule has 0 bridgehead atoms. The molecule has 1 atom stereocenters. The number of primary sulfonamides is 1. The molecule has 2 N–H and O–H groups in total. The van der Waals surface area contributed by atoms with Crippen LogP contribution in [0.3, 0.4) is 0 Å². The van der Waals surface area contributed by atoms with E-state index in [2.05, 4.69) is 16.8 Å². The van der Waals surface area contributed by atoms with Gasteiger partial charge in [-0.1, -0.05) is 12.1 Å². The first-order chi connectivity index (χ1) is 12.2. The van der Waals surface area contributed by atoms with Crippen molar-refractivity contribution in [2.75, 3.05) is 7.05 Å². The summed E-state index contributed by atoms with van der Waals surface area (Å²) >= 11 is 1.56. The molecule has 26 heavy (non-hydrogen) atoms. The monoisotopic (exact) mass is 391 g/mol. The highest BCUT2D eigenvalue weighted by atomic mass is 32.2. The molecular weight excluding hydrogens is 370 g/mol. The Hall–Kier alpha value is -2.00. The second-order valence-corrected chi connectivity index (χ2v) is 8.68. The molecule has 0 fully saturated rings. The van der Waals surface area contributed by atoms with Crippen molar-refractivity contribution < 1.29 is 12.8 Å². The fourth-order valence-electron chi connectivity index (χ4n) is 2.63. The van der Waals surface area contributed by atoms with Crippen molar-refractivity contribution in [3.8, 4) is 10.8 Å². The van der Waals surface area contributed by atoms with Crippen molar-refractivity contribution in [1.82, 2.24) is 9.88 Å². The van der Waals surface area contributed by atoms with Crippen LogP contribution in [-0.2, 0) is 16.6 Å². The SMILES string of the molecule is Cc1ccc(-c2nc(CN(C)[C@H](C)c3ccc(S(N)(=O)=O)cc3)cs2)o1. The zero-order valence-corrected chi connectivity index (χ0v) is 16.5. The third-order valence-corrected chi connectivity index (χ3v) is 6.10. The lowest BCUT2D eigenvalue weighted by molar-refractivity contribution is 0.250. The van der Waals surface area contributed by atoms with E-state index in [1.807, 2.05) is 31.5 Å². The second kappa shape index (κ2) is 7.32. The first-order valence-corrected chi connectivity index (χ1v) is 10.5. The number of nitrogens with two attached hydrogens (primary N) is 1.